The van der Waals surface area contributed by atoms with Crippen LogP contribution in [0.2, 0.25) is 0 Å². The molecule has 0 rings (SSSR count). The summed E-state index contributed by atoms with van der Waals surface area (Å²) in [7, 11) is 0. The summed E-state index contributed by atoms with van der Waals surface area (Å²) in [6.07, 6.45) is 68.8. The molecule has 0 aliphatic heterocycles. The molecule has 0 aromatic rings. The fourth-order valence-electron chi connectivity index (χ4n) is 8.84. The number of nitrogens with one attached hydrogen (secondary N) is 1. The Morgan fingerprint density at radius 1 is 0.409 bits per heavy atom. The Balaban J connectivity index is 3.48. The number of rotatable bonds is 54. The summed E-state index contributed by atoms with van der Waals surface area (Å²) in [6, 6.07) is -0.635. The van der Waals surface area contributed by atoms with Crippen LogP contribution in [0.5, 0.6) is 0 Å². The van der Waals surface area contributed by atoms with E-state index in [1.165, 1.54) is 231 Å². The molecule has 0 fully saturated rings. The summed E-state index contributed by atoms with van der Waals surface area (Å²) in [4.78, 5) is 24.4. The van der Waals surface area contributed by atoms with E-state index in [2.05, 4.69) is 43.5 Å². The Hall–Kier alpha value is -1.92. The predicted octanol–water partition coefficient (Wildman–Crippen LogP) is 18.0. The van der Waals surface area contributed by atoms with E-state index < -0.39 is 12.1 Å². The number of esters is 1. The SMILES string of the molecule is CCCC/C=C\CCCCCCCC(=O)OCCCCCCCCCCC/C=C\CCCCCCCCCC(=O)NC(CO)C(O)/C=C/CCCCCCCCCCCCCCCCCC. The molecule has 6 heteroatoms. The van der Waals surface area contributed by atoms with Crippen LogP contribution in [0.15, 0.2) is 36.5 Å². The van der Waals surface area contributed by atoms with Gasteiger partial charge in [0.25, 0.3) is 0 Å². The number of carbonyl (C=O) groups excluding carboxylic acids is 2. The van der Waals surface area contributed by atoms with Crippen molar-refractivity contribution in [2.24, 2.45) is 0 Å². The number of amides is 1. The monoisotopic (exact) mass is 928 g/mol. The normalized spacial score (nSPS) is 12.8. The van der Waals surface area contributed by atoms with Gasteiger partial charge in [-0.3, -0.25) is 9.59 Å². The van der Waals surface area contributed by atoms with Gasteiger partial charge in [-0.25, -0.2) is 0 Å². The molecule has 2 atom stereocenters. The molecular weight excluding hydrogens is 815 g/mol. The van der Waals surface area contributed by atoms with Crippen molar-refractivity contribution in [2.75, 3.05) is 13.2 Å². The molecule has 66 heavy (non-hydrogen) atoms. The van der Waals surface area contributed by atoms with Gasteiger partial charge in [-0.1, -0.05) is 256 Å². The van der Waals surface area contributed by atoms with E-state index in [1.54, 1.807) is 6.08 Å². The highest BCUT2D eigenvalue weighted by atomic mass is 16.5. The molecule has 0 saturated heterocycles. The van der Waals surface area contributed by atoms with Gasteiger partial charge in [0.15, 0.2) is 0 Å². The van der Waals surface area contributed by atoms with E-state index >= 15 is 0 Å². The van der Waals surface area contributed by atoms with Crippen LogP contribution in [0.4, 0.5) is 0 Å². The largest absolute Gasteiger partial charge is 0.466 e. The van der Waals surface area contributed by atoms with Gasteiger partial charge in [0, 0.05) is 12.8 Å². The van der Waals surface area contributed by atoms with Crippen LogP contribution in [0.25, 0.3) is 0 Å². The number of carbonyl (C=O) groups is 2. The lowest BCUT2D eigenvalue weighted by Crippen LogP contribution is -2.45. The number of aliphatic hydroxyl groups excluding tert-OH is 2. The van der Waals surface area contributed by atoms with Crippen LogP contribution in [-0.2, 0) is 14.3 Å². The fraction of sp³-hybridized carbons (Fsp3) is 0.867. The third-order valence-corrected chi connectivity index (χ3v) is 13.4. The second-order valence-electron chi connectivity index (χ2n) is 20.0. The molecular formula is C60H113NO5. The first-order valence-electron chi connectivity index (χ1n) is 29.3. The molecule has 0 aromatic heterocycles. The molecule has 3 N–H and O–H groups in total. The highest BCUT2D eigenvalue weighted by molar-refractivity contribution is 5.76. The second kappa shape index (κ2) is 55.7. The van der Waals surface area contributed by atoms with E-state index in [1.807, 2.05) is 6.08 Å². The average molecular weight is 929 g/mol. The minimum absolute atomic E-state index is 0.00577. The highest BCUT2D eigenvalue weighted by Crippen LogP contribution is 2.16. The maximum absolute atomic E-state index is 12.5. The van der Waals surface area contributed by atoms with Crippen molar-refractivity contribution in [3.63, 3.8) is 0 Å². The quantitative estimate of drug-likeness (QED) is 0.0321. The molecule has 388 valence electrons. The van der Waals surface area contributed by atoms with Gasteiger partial charge in [-0.05, 0) is 77.0 Å². The topological polar surface area (TPSA) is 95.9 Å². The summed E-state index contributed by atoms with van der Waals surface area (Å²) in [5.74, 6) is -0.0811. The summed E-state index contributed by atoms with van der Waals surface area (Å²) < 4.78 is 5.45. The maximum Gasteiger partial charge on any atom is 0.305 e. The van der Waals surface area contributed by atoms with E-state index in [-0.39, 0.29) is 18.5 Å². The lowest BCUT2D eigenvalue weighted by atomic mass is 10.0. The van der Waals surface area contributed by atoms with Crippen LogP contribution < -0.4 is 5.32 Å². The van der Waals surface area contributed by atoms with Crippen LogP contribution in [0, 0.1) is 0 Å². The first kappa shape index (κ1) is 64.1. The molecule has 0 aliphatic rings. The minimum atomic E-state index is -0.850. The first-order chi connectivity index (χ1) is 32.5. The van der Waals surface area contributed by atoms with Crippen molar-refractivity contribution < 1.29 is 24.5 Å². The molecule has 0 radical (unpaired) electrons. The summed E-state index contributed by atoms with van der Waals surface area (Å²) >= 11 is 0. The highest BCUT2D eigenvalue weighted by Gasteiger charge is 2.18. The summed E-state index contributed by atoms with van der Waals surface area (Å²) in [5.41, 5.74) is 0. The van der Waals surface area contributed by atoms with Gasteiger partial charge in [0.2, 0.25) is 5.91 Å². The maximum atomic E-state index is 12.5. The Morgan fingerprint density at radius 3 is 1.12 bits per heavy atom. The minimum Gasteiger partial charge on any atom is -0.466 e. The Morgan fingerprint density at radius 2 is 0.727 bits per heavy atom. The van der Waals surface area contributed by atoms with Crippen LogP contribution in [0.3, 0.4) is 0 Å². The lowest BCUT2D eigenvalue weighted by molar-refractivity contribution is -0.143. The van der Waals surface area contributed by atoms with Gasteiger partial charge in [-0.2, -0.15) is 0 Å². The number of hydrogen-bond acceptors (Lipinski definition) is 5. The summed E-state index contributed by atoms with van der Waals surface area (Å²) in [6.45, 7) is 4.86. The lowest BCUT2D eigenvalue weighted by Gasteiger charge is -2.20. The average Bonchev–Trinajstić information content (AvgIpc) is 3.32. The van der Waals surface area contributed by atoms with Gasteiger partial charge in [0.05, 0.1) is 25.4 Å². The molecule has 1 amide bonds. The van der Waals surface area contributed by atoms with Crippen molar-refractivity contribution in [3.8, 4) is 0 Å². The van der Waals surface area contributed by atoms with Gasteiger partial charge >= 0.3 is 5.97 Å². The second-order valence-corrected chi connectivity index (χ2v) is 20.0. The van der Waals surface area contributed by atoms with Gasteiger partial charge in [0.1, 0.15) is 0 Å². The zero-order valence-electron chi connectivity index (χ0n) is 44.2. The number of hydrogen-bond donors (Lipinski definition) is 3. The van der Waals surface area contributed by atoms with Crippen LogP contribution >= 0.6 is 0 Å². The van der Waals surface area contributed by atoms with Gasteiger partial charge < -0.3 is 20.3 Å². The van der Waals surface area contributed by atoms with Crippen molar-refractivity contribution in [2.45, 2.75) is 321 Å². The predicted molar refractivity (Wildman–Crippen MR) is 287 cm³/mol. The standard InChI is InChI=1S/C60H113NO5/c1-3-5-7-9-11-13-15-16-17-18-23-26-29-33-36-40-44-48-52-58(63)57(56-62)61-59(64)53-49-45-41-37-34-30-27-24-21-19-20-22-25-28-31-35-39-43-47-51-55-66-60(65)54-50-46-42-38-32-14-12-10-8-6-4-2/h10,12,19,21,48,52,57-58,62-63H,3-9,11,13-18,20,22-47,49-51,53-56H2,1-2H3,(H,61,64)/b12-10-,21-19-,52-48+. The smallest absolute Gasteiger partial charge is 0.305 e. The molecule has 0 aliphatic carbocycles. The van der Waals surface area contributed by atoms with E-state index in [4.69, 9.17) is 4.74 Å². The molecule has 0 saturated carbocycles. The third-order valence-electron chi connectivity index (χ3n) is 13.4. The molecule has 2 unspecified atom stereocenters. The molecule has 0 heterocycles. The Bertz CT molecular complexity index is 1070. The van der Waals surface area contributed by atoms with Crippen molar-refractivity contribution in [1.82, 2.24) is 5.32 Å². The van der Waals surface area contributed by atoms with Crippen molar-refractivity contribution >= 4 is 11.9 Å². The molecule has 0 spiro atoms. The first-order valence-corrected chi connectivity index (χ1v) is 29.3. The van der Waals surface area contributed by atoms with Crippen LogP contribution in [-0.4, -0.2) is 47.4 Å². The van der Waals surface area contributed by atoms with E-state index in [0.29, 0.717) is 19.4 Å². The van der Waals surface area contributed by atoms with Crippen molar-refractivity contribution in [3.05, 3.63) is 36.5 Å². The zero-order chi connectivity index (χ0) is 47.9. The number of aliphatic hydroxyl groups is 2. The molecule has 0 bridgehead atoms. The van der Waals surface area contributed by atoms with Gasteiger partial charge in [-0.15, -0.1) is 0 Å². The number of ether oxygens (including phenoxy) is 1. The summed E-state index contributed by atoms with van der Waals surface area (Å²) in [5, 5.41) is 23.1. The van der Waals surface area contributed by atoms with E-state index in [9.17, 15) is 19.8 Å². The zero-order valence-corrected chi connectivity index (χ0v) is 44.2. The van der Waals surface area contributed by atoms with Crippen LogP contribution in [0.1, 0.15) is 309 Å². The number of allylic oxidation sites excluding steroid dienone is 5. The Kier molecular flexibility index (Phi) is 54.1. The number of unbranched alkanes of at least 4 members (excludes halogenated alkanes) is 39. The molecule has 0 aromatic carbocycles. The fourth-order valence-corrected chi connectivity index (χ4v) is 8.84. The van der Waals surface area contributed by atoms with Crippen molar-refractivity contribution in [1.29, 1.82) is 0 Å². The Labute approximate surface area is 411 Å². The molecule has 6 nitrogen and oxygen atoms in total. The third kappa shape index (κ3) is 51.5. The van der Waals surface area contributed by atoms with E-state index in [0.717, 1.165) is 51.4 Å².